The average Bonchev–Trinajstić information content (AvgIpc) is 3.58. The highest BCUT2D eigenvalue weighted by Crippen LogP contribution is 2.40. The minimum Gasteiger partial charge on any atom is -0.342 e. The van der Waals surface area contributed by atoms with E-state index < -0.39 is 39.6 Å². The van der Waals surface area contributed by atoms with Gasteiger partial charge in [0.15, 0.2) is 0 Å². The molecule has 0 radical (unpaired) electrons. The summed E-state index contributed by atoms with van der Waals surface area (Å²) in [5.74, 6) is -3.32. The number of sulfonamides is 1. The molecule has 2 aliphatic carbocycles. The fraction of sp³-hybridized carbons (Fsp3) is 0.682. The van der Waals surface area contributed by atoms with Crippen LogP contribution >= 0.6 is 0 Å². The van der Waals surface area contributed by atoms with Crippen molar-refractivity contribution < 1.29 is 35.2 Å². The Morgan fingerprint density at radius 1 is 0.970 bits per heavy atom. The van der Waals surface area contributed by atoms with Crippen LogP contribution in [0.15, 0.2) is 29.2 Å². The highest BCUT2D eigenvalue weighted by Gasteiger charge is 2.45. The van der Waals surface area contributed by atoms with Crippen LogP contribution in [-0.4, -0.2) is 54.6 Å². The van der Waals surface area contributed by atoms with Crippen LogP contribution in [-0.2, 0) is 21.0 Å². The first-order valence-electron chi connectivity index (χ1n) is 11.3. The summed E-state index contributed by atoms with van der Waals surface area (Å²) in [4.78, 5) is 14.0. The van der Waals surface area contributed by atoms with Gasteiger partial charge in [-0.3, -0.25) is 4.79 Å². The lowest BCUT2D eigenvalue weighted by atomic mass is 9.85. The van der Waals surface area contributed by atoms with E-state index in [9.17, 15) is 35.2 Å². The predicted molar refractivity (Wildman–Crippen MR) is 110 cm³/mol. The van der Waals surface area contributed by atoms with Crippen molar-refractivity contribution in [3.8, 4) is 0 Å². The molecule has 2 saturated carbocycles. The number of benzene rings is 1. The molecule has 1 saturated heterocycles. The zero-order chi connectivity index (χ0) is 24.0. The number of halogens is 5. The van der Waals surface area contributed by atoms with E-state index in [1.165, 1.54) is 10.4 Å². The van der Waals surface area contributed by atoms with E-state index in [4.69, 9.17) is 0 Å². The van der Waals surface area contributed by atoms with Crippen molar-refractivity contribution in [3.63, 3.8) is 0 Å². The van der Waals surface area contributed by atoms with Crippen LogP contribution in [0.4, 0.5) is 22.0 Å². The Hall–Kier alpha value is -1.75. The number of carbonyl (C=O) groups excluding carboxylic acids is 1. The molecule has 0 aromatic heterocycles. The number of rotatable bonds is 5. The fourth-order valence-electron chi connectivity index (χ4n) is 4.86. The maximum Gasteiger partial charge on any atom is 0.416 e. The van der Waals surface area contributed by atoms with Crippen molar-refractivity contribution in [3.05, 3.63) is 29.8 Å². The topological polar surface area (TPSA) is 57.7 Å². The molecule has 1 heterocycles. The molecule has 0 bridgehead atoms. The van der Waals surface area contributed by atoms with Gasteiger partial charge >= 0.3 is 6.18 Å². The smallest absolute Gasteiger partial charge is 0.342 e. The number of piperidine rings is 1. The molecular formula is C22H27F5N2O3S. The maximum absolute atomic E-state index is 13.4. The normalized spacial score (nSPS) is 23.2. The van der Waals surface area contributed by atoms with E-state index in [0.29, 0.717) is 44.8 Å². The molecule has 0 atom stereocenters. The third-order valence-corrected chi connectivity index (χ3v) is 8.85. The van der Waals surface area contributed by atoms with Crippen molar-refractivity contribution in [1.82, 2.24) is 9.21 Å². The summed E-state index contributed by atoms with van der Waals surface area (Å²) in [6.45, 7) is 0.607. The zero-order valence-electron chi connectivity index (χ0n) is 18.0. The lowest BCUT2D eigenvalue weighted by Crippen LogP contribution is -2.51. The minimum absolute atomic E-state index is 0.143. The standard InChI is InChI=1S/C22H27F5N2O3S/c23-21(24)10-6-15(7-11-21)20(30)28-12-8-18(9-13-28)29(17-4-5-17)33(31,32)19-3-1-2-16(14-19)22(25,26)27/h1-3,14-15,17-18H,4-13H2. The number of hydrogen-bond donors (Lipinski definition) is 0. The third-order valence-electron chi connectivity index (χ3n) is 6.85. The first-order valence-corrected chi connectivity index (χ1v) is 12.7. The lowest BCUT2D eigenvalue weighted by molar-refractivity contribution is -0.141. The van der Waals surface area contributed by atoms with Gasteiger partial charge < -0.3 is 4.90 Å². The van der Waals surface area contributed by atoms with Crippen LogP contribution in [0.25, 0.3) is 0 Å². The van der Waals surface area contributed by atoms with Gasteiger partial charge in [0.25, 0.3) is 0 Å². The van der Waals surface area contributed by atoms with Crippen molar-refractivity contribution in [2.24, 2.45) is 5.92 Å². The third kappa shape index (κ3) is 5.34. The number of alkyl halides is 5. The van der Waals surface area contributed by atoms with E-state index in [0.717, 1.165) is 12.1 Å². The highest BCUT2D eigenvalue weighted by atomic mass is 32.2. The van der Waals surface area contributed by atoms with Crippen LogP contribution in [0.3, 0.4) is 0 Å². The molecule has 0 N–H and O–H groups in total. The van der Waals surface area contributed by atoms with Gasteiger partial charge in [0.2, 0.25) is 21.9 Å². The summed E-state index contributed by atoms with van der Waals surface area (Å²) in [7, 11) is -4.14. The molecule has 4 rings (SSSR count). The number of nitrogens with zero attached hydrogens (tertiary/aromatic N) is 2. The quantitative estimate of drug-likeness (QED) is 0.559. The molecule has 33 heavy (non-hydrogen) atoms. The van der Waals surface area contributed by atoms with Gasteiger partial charge in [-0.05, 0) is 56.7 Å². The SMILES string of the molecule is O=C(C1CCC(F)(F)CC1)N1CCC(N(C2CC2)S(=O)(=O)c2cccc(C(F)(F)F)c2)CC1. The van der Waals surface area contributed by atoms with Crippen molar-refractivity contribution in [2.45, 2.75) is 80.4 Å². The van der Waals surface area contributed by atoms with Crippen molar-refractivity contribution >= 4 is 15.9 Å². The Labute approximate surface area is 190 Å². The van der Waals surface area contributed by atoms with E-state index >= 15 is 0 Å². The summed E-state index contributed by atoms with van der Waals surface area (Å²) in [5, 5.41) is 0. The molecule has 0 unspecified atom stereocenters. The first-order chi connectivity index (χ1) is 15.4. The average molecular weight is 495 g/mol. The van der Waals surface area contributed by atoms with E-state index in [2.05, 4.69) is 0 Å². The molecule has 1 aromatic carbocycles. The van der Waals surface area contributed by atoms with Gasteiger partial charge in [0, 0.05) is 43.9 Å². The molecule has 1 amide bonds. The molecule has 1 aromatic rings. The second-order valence-electron chi connectivity index (χ2n) is 9.28. The Bertz CT molecular complexity index is 976. The Kier molecular flexibility index (Phi) is 6.50. The number of likely N-dealkylation sites (tertiary alicyclic amines) is 1. The molecule has 3 aliphatic rings. The van der Waals surface area contributed by atoms with Crippen LogP contribution in [0.5, 0.6) is 0 Å². The van der Waals surface area contributed by atoms with Crippen LogP contribution in [0.1, 0.15) is 56.9 Å². The predicted octanol–water partition coefficient (Wildman–Crippen LogP) is 4.68. The molecule has 184 valence electrons. The van der Waals surface area contributed by atoms with Gasteiger partial charge in [-0.25, -0.2) is 17.2 Å². The van der Waals surface area contributed by atoms with Gasteiger partial charge in [0.1, 0.15) is 0 Å². The summed E-state index contributed by atoms with van der Waals surface area (Å²) < 4.78 is 94.1. The minimum atomic E-state index is -4.65. The molecule has 0 spiro atoms. The zero-order valence-corrected chi connectivity index (χ0v) is 18.8. The Morgan fingerprint density at radius 3 is 2.09 bits per heavy atom. The molecule has 11 heteroatoms. The van der Waals surface area contributed by atoms with Crippen LogP contribution in [0, 0.1) is 5.92 Å². The van der Waals surface area contributed by atoms with Crippen molar-refractivity contribution in [1.29, 1.82) is 0 Å². The van der Waals surface area contributed by atoms with Crippen molar-refractivity contribution in [2.75, 3.05) is 13.1 Å². The summed E-state index contributed by atoms with van der Waals surface area (Å²) in [6, 6.07) is 3.11. The van der Waals surface area contributed by atoms with E-state index in [1.54, 1.807) is 4.90 Å². The summed E-state index contributed by atoms with van der Waals surface area (Å²) in [6.07, 6.45) is -2.94. The van der Waals surface area contributed by atoms with E-state index in [1.807, 2.05) is 0 Å². The van der Waals surface area contributed by atoms with E-state index in [-0.39, 0.29) is 42.5 Å². The van der Waals surface area contributed by atoms with Crippen LogP contribution in [0.2, 0.25) is 0 Å². The monoisotopic (exact) mass is 494 g/mol. The van der Waals surface area contributed by atoms with Crippen LogP contribution < -0.4 is 0 Å². The van der Waals surface area contributed by atoms with Gasteiger partial charge in [0.05, 0.1) is 10.5 Å². The molecular weight excluding hydrogens is 467 g/mol. The van der Waals surface area contributed by atoms with Gasteiger partial charge in [-0.1, -0.05) is 6.07 Å². The molecule has 3 fully saturated rings. The molecule has 1 aliphatic heterocycles. The fourth-order valence-corrected chi connectivity index (χ4v) is 6.84. The van der Waals surface area contributed by atoms with Gasteiger partial charge in [-0.15, -0.1) is 0 Å². The number of hydrogen-bond acceptors (Lipinski definition) is 3. The second kappa shape index (κ2) is 8.79. The largest absolute Gasteiger partial charge is 0.416 e. The molecule has 5 nitrogen and oxygen atoms in total. The van der Waals surface area contributed by atoms with Gasteiger partial charge in [-0.2, -0.15) is 17.5 Å². The summed E-state index contributed by atoms with van der Waals surface area (Å²) >= 11 is 0. The second-order valence-corrected chi connectivity index (χ2v) is 11.1. The first kappa shape index (κ1) is 24.4. The lowest BCUT2D eigenvalue weighted by Gasteiger charge is -2.40. The highest BCUT2D eigenvalue weighted by molar-refractivity contribution is 7.89. The number of carbonyl (C=O) groups is 1. The Morgan fingerprint density at radius 2 is 1.55 bits per heavy atom. The summed E-state index contributed by atoms with van der Waals surface area (Å²) in [5.41, 5.74) is -1.02. The number of amides is 1. The maximum atomic E-state index is 13.4. The Balaban J connectivity index is 1.45.